The molecule has 0 saturated heterocycles. The van der Waals surface area contributed by atoms with Gasteiger partial charge in [-0.1, -0.05) is 146 Å². The van der Waals surface area contributed by atoms with Crippen LogP contribution in [0.4, 0.5) is 0 Å². The lowest BCUT2D eigenvalue weighted by Gasteiger charge is -2.11. The fourth-order valence-electron chi connectivity index (χ4n) is 9.51. The fourth-order valence-corrected chi connectivity index (χ4v) is 9.51. The number of rotatable bonds is 6. The molecule has 4 aromatic heterocycles. The smallest absolute Gasteiger partial charge is 0.238 e. The van der Waals surface area contributed by atoms with Crippen LogP contribution in [0, 0.1) is 0 Å². The second-order valence-electron chi connectivity index (χ2n) is 16.0. The Morgan fingerprint density at radius 3 is 1.49 bits per heavy atom. The lowest BCUT2D eigenvalue weighted by Crippen LogP contribution is -2.06. The molecule has 0 atom stereocenters. The highest BCUT2D eigenvalue weighted by atomic mass is 16.3. The molecule has 0 unspecified atom stereocenters. The SMILES string of the molecule is c1ccc(-c2nc(-c3ccccc3)nc(-n3c4ccccc4c4cc(-c5ccc6oc7cccc(-c8ccc9c(c8)c8ccccc8n9-c8ccccc8)c7c6c5)ccc43)n2)cc1. The first-order valence-corrected chi connectivity index (χ1v) is 21.2. The summed E-state index contributed by atoms with van der Waals surface area (Å²) >= 11 is 0. The molecule has 0 fully saturated rings. The third-order valence-electron chi connectivity index (χ3n) is 12.4. The van der Waals surface area contributed by atoms with Crippen LogP contribution in [0.2, 0.25) is 0 Å². The monoisotopic (exact) mass is 805 g/mol. The van der Waals surface area contributed by atoms with Gasteiger partial charge in [0.15, 0.2) is 11.6 Å². The van der Waals surface area contributed by atoms with Gasteiger partial charge in [-0.3, -0.25) is 4.57 Å². The molecule has 4 heterocycles. The van der Waals surface area contributed by atoms with Gasteiger partial charge < -0.3 is 8.98 Å². The van der Waals surface area contributed by atoms with E-state index in [4.69, 9.17) is 19.4 Å². The van der Waals surface area contributed by atoms with Gasteiger partial charge in [0.05, 0.1) is 22.1 Å². The van der Waals surface area contributed by atoms with E-state index < -0.39 is 0 Å². The third kappa shape index (κ3) is 5.62. The molecule has 0 N–H and O–H groups in total. The van der Waals surface area contributed by atoms with E-state index in [9.17, 15) is 0 Å². The van der Waals surface area contributed by atoms with Crippen molar-refractivity contribution >= 4 is 65.6 Å². The zero-order chi connectivity index (χ0) is 41.4. The second kappa shape index (κ2) is 14.0. The molecule has 0 radical (unpaired) electrons. The number of para-hydroxylation sites is 3. The number of furan rings is 1. The van der Waals surface area contributed by atoms with Gasteiger partial charge in [0.1, 0.15) is 11.2 Å². The van der Waals surface area contributed by atoms with Crippen LogP contribution in [0.5, 0.6) is 0 Å². The van der Waals surface area contributed by atoms with Crippen LogP contribution >= 0.6 is 0 Å². The molecule has 13 rings (SSSR count). The van der Waals surface area contributed by atoms with Gasteiger partial charge in [0.2, 0.25) is 5.95 Å². The van der Waals surface area contributed by atoms with Gasteiger partial charge in [0, 0.05) is 49.1 Å². The molecule has 0 aliphatic rings. The van der Waals surface area contributed by atoms with Crippen LogP contribution in [0.1, 0.15) is 0 Å². The van der Waals surface area contributed by atoms with E-state index in [1.165, 1.54) is 21.8 Å². The van der Waals surface area contributed by atoms with Gasteiger partial charge in [-0.05, 0) is 89.0 Å². The van der Waals surface area contributed by atoms with Gasteiger partial charge in [-0.15, -0.1) is 0 Å². The highest BCUT2D eigenvalue weighted by Crippen LogP contribution is 2.42. The molecule has 0 saturated carbocycles. The molecular weight excluding hydrogens is 771 g/mol. The van der Waals surface area contributed by atoms with Gasteiger partial charge in [-0.25, -0.2) is 4.98 Å². The molecule has 294 valence electrons. The minimum atomic E-state index is 0.572. The van der Waals surface area contributed by atoms with Crippen molar-refractivity contribution in [2.45, 2.75) is 0 Å². The molecule has 0 bridgehead atoms. The zero-order valence-corrected chi connectivity index (χ0v) is 33.9. The van der Waals surface area contributed by atoms with E-state index in [2.05, 4.69) is 161 Å². The predicted molar refractivity (Wildman–Crippen MR) is 258 cm³/mol. The average Bonchev–Trinajstić information content (AvgIpc) is 4.02. The molecule has 13 aromatic rings. The summed E-state index contributed by atoms with van der Waals surface area (Å²) in [5.41, 5.74) is 13.7. The van der Waals surface area contributed by atoms with Crippen LogP contribution in [-0.4, -0.2) is 24.1 Å². The molecule has 0 aliphatic heterocycles. The quantitative estimate of drug-likeness (QED) is 0.168. The summed E-state index contributed by atoms with van der Waals surface area (Å²) in [6, 6.07) is 74.5. The number of benzene rings is 9. The summed E-state index contributed by atoms with van der Waals surface area (Å²) in [4.78, 5) is 15.2. The first-order valence-electron chi connectivity index (χ1n) is 21.2. The van der Waals surface area contributed by atoms with Gasteiger partial charge in [0.25, 0.3) is 0 Å². The third-order valence-corrected chi connectivity index (χ3v) is 12.4. The largest absolute Gasteiger partial charge is 0.456 e. The minimum absolute atomic E-state index is 0.572. The van der Waals surface area contributed by atoms with E-state index in [-0.39, 0.29) is 0 Å². The van der Waals surface area contributed by atoms with Crippen molar-refractivity contribution in [3.8, 4) is 56.7 Å². The van der Waals surface area contributed by atoms with Gasteiger partial charge in [-0.2, -0.15) is 9.97 Å². The summed E-state index contributed by atoms with van der Waals surface area (Å²) in [6.07, 6.45) is 0. The summed E-state index contributed by atoms with van der Waals surface area (Å²) in [6.45, 7) is 0. The van der Waals surface area contributed by atoms with E-state index in [0.717, 1.165) is 82.8 Å². The second-order valence-corrected chi connectivity index (χ2v) is 16.0. The molecule has 0 amide bonds. The highest BCUT2D eigenvalue weighted by Gasteiger charge is 2.20. The highest BCUT2D eigenvalue weighted by molar-refractivity contribution is 6.16. The summed E-state index contributed by atoms with van der Waals surface area (Å²) in [5.74, 6) is 1.82. The number of hydrogen-bond donors (Lipinski definition) is 0. The topological polar surface area (TPSA) is 61.7 Å². The maximum absolute atomic E-state index is 6.56. The number of hydrogen-bond acceptors (Lipinski definition) is 4. The molecular formula is C57H35N5O. The Labute approximate surface area is 361 Å². The lowest BCUT2D eigenvalue weighted by atomic mass is 9.96. The van der Waals surface area contributed by atoms with Crippen molar-refractivity contribution in [3.63, 3.8) is 0 Å². The average molecular weight is 806 g/mol. The molecule has 6 nitrogen and oxygen atoms in total. The standard InChI is InChI=1S/C57H35N5O/c1-4-15-36(16-5-1)55-58-56(37-17-6-2-7-18-37)60-57(59-55)62-49-25-13-11-22-44(49)45-33-38(27-30-51(45)62)39-29-32-52-47(34-39)54-42(23-14-26-53(54)63-52)40-28-31-50-46(35-40)43-21-10-12-24-48(43)61(50)41-19-8-3-9-20-41/h1-35H. The number of nitrogens with zero attached hydrogens (tertiary/aromatic N) is 5. The Balaban J connectivity index is 0.962. The molecule has 0 spiro atoms. The first-order chi connectivity index (χ1) is 31.2. The van der Waals surface area contributed by atoms with Crippen molar-refractivity contribution in [1.82, 2.24) is 24.1 Å². The van der Waals surface area contributed by atoms with Crippen molar-refractivity contribution in [2.75, 3.05) is 0 Å². The Bertz CT molecular complexity index is 3850. The molecule has 0 aliphatic carbocycles. The minimum Gasteiger partial charge on any atom is -0.456 e. The van der Waals surface area contributed by atoms with Gasteiger partial charge >= 0.3 is 0 Å². The maximum Gasteiger partial charge on any atom is 0.238 e. The Kier molecular flexibility index (Phi) is 7.80. The zero-order valence-electron chi connectivity index (χ0n) is 33.9. The molecule has 6 heteroatoms. The summed E-state index contributed by atoms with van der Waals surface area (Å²) < 4.78 is 11.1. The van der Waals surface area contributed by atoms with Crippen LogP contribution in [0.25, 0.3) is 122 Å². The van der Waals surface area contributed by atoms with Crippen molar-refractivity contribution in [1.29, 1.82) is 0 Å². The Hall–Kier alpha value is -8.61. The van der Waals surface area contributed by atoms with Crippen LogP contribution in [0.3, 0.4) is 0 Å². The first kappa shape index (κ1) is 35.2. The van der Waals surface area contributed by atoms with Crippen molar-refractivity contribution < 1.29 is 4.42 Å². The Morgan fingerprint density at radius 2 is 0.825 bits per heavy atom. The normalized spacial score (nSPS) is 11.8. The van der Waals surface area contributed by atoms with E-state index in [0.29, 0.717) is 17.6 Å². The Morgan fingerprint density at radius 1 is 0.317 bits per heavy atom. The van der Waals surface area contributed by atoms with Crippen molar-refractivity contribution in [3.05, 3.63) is 212 Å². The summed E-state index contributed by atoms with van der Waals surface area (Å²) in [7, 11) is 0. The molecule has 63 heavy (non-hydrogen) atoms. The number of fused-ring (bicyclic) bond motifs is 9. The van der Waals surface area contributed by atoms with E-state index >= 15 is 0 Å². The van der Waals surface area contributed by atoms with Crippen LogP contribution < -0.4 is 0 Å². The number of aromatic nitrogens is 5. The molecule has 9 aromatic carbocycles. The van der Waals surface area contributed by atoms with E-state index in [1.54, 1.807) is 0 Å². The lowest BCUT2D eigenvalue weighted by molar-refractivity contribution is 0.669. The fraction of sp³-hybridized carbons (Fsp3) is 0. The maximum atomic E-state index is 6.56. The van der Waals surface area contributed by atoms with Crippen LogP contribution in [0.15, 0.2) is 217 Å². The van der Waals surface area contributed by atoms with Crippen molar-refractivity contribution in [2.24, 2.45) is 0 Å². The van der Waals surface area contributed by atoms with E-state index in [1.807, 2.05) is 60.7 Å². The predicted octanol–water partition coefficient (Wildman–Crippen LogP) is 14.6. The summed E-state index contributed by atoms with van der Waals surface area (Å²) in [5, 5.41) is 6.88. The van der Waals surface area contributed by atoms with Crippen LogP contribution in [-0.2, 0) is 0 Å².